The van der Waals surface area contributed by atoms with Crippen LogP contribution in [-0.4, -0.2) is 56.0 Å². The zero-order valence-corrected chi connectivity index (χ0v) is 10.8. The van der Waals surface area contributed by atoms with Crippen molar-refractivity contribution in [1.82, 2.24) is 10.2 Å². The Bertz CT molecular complexity index is 299. The highest BCUT2D eigenvalue weighted by atomic mass is 16.7. The summed E-state index contributed by atoms with van der Waals surface area (Å²) < 4.78 is 11.1. The quantitative estimate of drug-likeness (QED) is 0.772. The molecule has 0 aliphatic carbocycles. The Hall–Kier alpha value is -0.650. The molecule has 0 saturated carbocycles. The Morgan fingerprint density at radius 2 is 2.00 bits per heavy atom. The fourth-order valence-corrected chi connectivity index (χ4v) is 3.20. The number of piperidine rings is 1. The van der Waals surface area contributed by atoms with Crippen LogP contribution in [0, 0.1) is 5.92 Å². The van der Waals surface area contributed by atoms with E-state index in [4.69, 9.17) is 9.47 Å². The number of rotatable bonds is 2. The standard InChI is InChI=1S/C13H22N2O3/c16-12(11-4-1-5-14-11)15-6-2-3-10(9-15)13-17-7-8-18-13/h10-11,13-14H,1-9H2/t10-,11-/m0/s1. The minimum atomic E-state index is -0.0860. The monoisotopic (exact) mass is 254 g/mol. The second-order valence-corrected chi connectivity index (χ2v) is 5.45. The van der Waals surface area contributed by atoms with Crippen molar-refractivity contribution in [3.05, 3.63) is 0 Å². The summed E-state index contributed by atoms with van der Waals surface area (Å²) in [5.41, 5.74) is 0. The predicted molar refractivity (Wildman–Crippen MR) is 66.0 cm³/mol. The largest absolute Gasteiger partial charge is 0.350 e. The molecule has 0 aromatic heterocycles. The second-order valence-electron chi connectivity index (χ2n) is 5.45. The molecule has 1 N–H and O–H groups in total. The van der Waals surface area contributed by atoms with Gasteiger partial charge in [-0.1, -0.05) is 0 Å². The minimum Gasteiger partial charge on any atom is -0.350 e. The van der Waals surface area contributed by atoms with Gasteiger partial charge in [0.25, 0.3) is 0 Å². The molecule has 2 atom stereocenters. The Morgan fingerprint density at radius 1 is 1.17 bits per heavy atom. The highest BCUT2D eigenvalue weighted by Gasteiger charge is 2.35. The van der Waals surface area contributed by atoms with Crippen LogP contribution in [0.15, 0.2) is 0 Å². The van der Waals surface area contributed by atoms with E-state index < -0.39 is 0 Å². The van der Waals surface area contributed by atoms with Crippen molar-refractivity contribution in [2.45, 2.75) is 38.0 Å². The number of hydrogen-bond acceptors (Lipinski definition) is 4. The predicted octanol–water partition coefficient (Wildman–Crippen LogP) is 0.350. The first-order valence-electron chi connectivity index (χ1n) is 7.10. The molecule has 0 aromatic carbocycles. The van der Waals surface area contributed by atoms with Gasteiger partial charge in [-0.2, -0.15) is 0 Å². The van der Waals surface area contributed by atoms with Crippen LogP contribution >= 0.6 is 0 Å². The summed E-state index contributed by atoms with van der Waals surface area (Å²) in [4.78, 5) is 14.3. The first kappa shape index (κ1) is 12.4. The highest BCUT2D eigenvalue weighted by Crippen LogP contribution is 2.25. The normalized spacial score (nSPS) is 34.1. The van der Waals surface area contributed by atoms with Gasteiger partial charge in [0.2, 0.25) is 5.91 Å². The van der Waals surface area contributed by atoms with Crippen LogP contribution in [0.3, 0.4) is 0 Å². The lowest BCUT2D eigenvalue weighted by Crippen LogP contribution is -2.49. The zero-order chi connectivity index (χ0) is 12.4. The molecule has 3 rings (SSSR count). The van der Waals surface area contributed by atoms with E-state index in [1.165, 1.54) is 0 Å². The molecule has 0 aromatic rings. The van der Waals surface area contributed by atoms with E-state index in [1.807, 2.05) is 4.90 Å². The summed E-state index contributed by atoms with van der Waals surface area (Å²) in [5.74, 6) is 0.627. The molecule has 0 unspecified atom stereocenters. The molecule has 5 nitrogen and oxygen atoms in total. The fraction of sp³-hybridized carbons (Fsp3) is 0.923. The van der Waals surface area contributed by atoms with Gasteiger partial charge < -0.3 is 19.7 Å². The Kier molecular flexibility index (Phi) is 3.82. The molecule has 3 saturated heterocycles. The summed E-state index contributed by atoms with van der Waals surface area (Å²) in [6.45, 7) is 4.04. The van der Waals surface area contributed by atoms with Crippen molar-refractivity contribution < 1.29 is 14.3 Å². The summed E-state index contributed by atoms with van der Waals surface area (Å²) in [6, 6.07) is 0.0502. The smallest absolute Gasteiger partial charge is 0.239 e. The number of carbonyl (C=O) groups is 1. The molecular weight excluding hydrogens is 232 g/mol. The first-order chi connectivity index (χ1) is 8.84. The topological polar surface area (TPSA) is 50.8 Å². The molecular formula is C13H22N2O3. The van der Waals surface area contributed by atoms with E-state index in [0.717, 1.165) is 45.3 Å². The third-order valence-electron chi connectivity index (χ3n) is 4.16. The van der Waals surface area contributed by atoms with E-state index in [9.17, 15) is 4.79 Å². The van der Waals surface area contributed by atoms with Gasteiger partial charge in [0.05, 0.1) is 19.3 Å². The van der Waals surface area contributed by atoms with Gasteiger partial charge in [-0.15, -0.1) is 0 Å². The Morgan fingerprint density at radius 3 is 2.72 bits per heavy atom. The van der Waals surface area contributed by atoms with E-state index >= 15 is 0 Å². The number of hydrogen-bond donors (Lipinski definition) is 1. The Labute approximate surface area is 108 Å². The summed E-state index contributed by atoms with van der Waals surface area (Å²) >= 11 is 0. The molecule has 3 heterocycles. The maximum absolute atomic E-state index is 12.3. The van der Waals surface area contributed by atoms with Crippen molar-refractivity contribution in [3.63, 3.8) is 0 Å². The minimum absolute atomic E-state index is 0.0502. The van der Waals surface area contributed by atoms with Gasteiger partial charge in [0, 0.05) is 19.0 Å². The SMILES string of the molecule is O=C([C@@H]1CCCN1)N1CCC[C@H](C2OCCO2)C1. The van der Waals surface area contributed by atoms with Crippen LogP contribution in [0.2, 0.25) is 0 Å². The molecule has 3 aliphatic heterocycles. The molecule has 102 valence electrons. The molecule has 18 heavy (non-hydrogen) atoms. The van der Waals surface area contributed by atoms with Gasteiger partial charge in [0.1, 0.15) is 0 Å². The summed E-state index contributed by atoms with van der Waals surface area (Å²) in [5, 5.41) is 3.28. The van der Waals surface area contributed by atoms with Crippen molar-refractivity contribution in [3.8, 4) is 0 Å². The second kappa shape index (κ2) is 5.55. The number of nitrogens with one attached hydrogen (secondary N) is 1. The highest BCUT2D eigenvalue weighted by molar-refractivity contribution is 5.82. The molecule has 1 amide bonds. The van der Waals surface area contributed by atoms with Crippen LogP contribution in [0.4, 0.5) is 0 Å². The van der Waals surface area contributed by atoms with Gasteiger partial charge in [-0.3, -0.25) is 4.79 Å². The lowest BCUT2D eigenvalue weighted by Gasteiger charge is -2.36. The van der Waals surface area contributed by atoms with Crippen LogP contribution in [-0.2, 0) is 14.3 Å². The lowest BCUT2D eigenvalue weighted by atomic mass is 9.96. The zero-order valence-electron chi connectivity index (χ0n) is 10.8. The van der Waals surface area contributed by atoms with Crippen LogP contribution in [0.5, 0.6) is 0 Å². The fourth-order valence-electron chi connectivity index (χ4n) is 3.20. The third-order valence-corrected chi connectivity index (χ3v) is 4.16. The number of ether oxygens (including phenoxy) is 2. The average Bonchev–Trinajstić information content (AvgIpc) is 3.11. The van der Waals surface area contributed by atoms with E-state index in [-0.39, 0.29) is 18.2 Å². The summed E-state index contributed by atoms with van der Waals surface area (Å²) in [6.07, 6.45) is 4.18. The molecule has 0 radical (unpaired) electrons. The van der Waals surface area contributed by atoms with Gasteiger partial charge >= 0.3 is 0 Å². The van der Waals surface area contributed by atoms with Crippen molar-refractivity contribution in [2.75, 3.05) is 32.8 Å². The maximum atomic E-state index is 12.3. The maximum Gasteiger partial charge on any atom is 0.239 e. The Balaban J connectivity index is 1.57. The van der Waals surface area contributed by atoms with Crippen LogP contribution in [0.1, 0.15) is 25.7 Å². The van der Waals surface area contributed by atoms with Gasteiger partial charge in [-0.05, 0) is 32.2 Å². The number of carbonyl (C=O) groups excluding carboxylic acids is 1. The van der Waals surface area contributed by atoms with E-state index in [1.54, 1.807) is 0 Å². The van der Waals surface area contributed by atoms with Crippen LogP contribution < -0.4 is 5.32 Å². The third kappa shape index (κ3) is 2.53. The van der Waals surface area contributed by atoms with E-state index in [0.29, 0.717) is 19.1 Å². The molecule has 5 heteroatoms. The van der Waals surface area contributed by atoms with Gasteiger partial charge in [0.15, 0.2) is 6.29 Å². The van der Waals surface area contributed by atoms with Crippen molar-refractivity contribution in [1.29, 1.82) is 0 Å². The molecule has 3 fully saturated rings. The average molecular weight is 254 g/mol. The number of amides is 1. The first-order valence-corrected chi connectivity index (χ1v) is 7.10. The molecule has 3 aliphatic rings. The van der Waals surface area contributed by atoms with Gasteiger partial charge in [-0.25, -0.2) is 0 Å². The lowest BCUT2D eigenvalue weighted by molar-refractivity contribution is -0.141. The van der Waals surface area contributed by atoms with Crippen LogP contribution in [0.25, 0.3) is 0 Å². The van der Waals surface area contributed by atoms with Crippen molar-refractivity contribution >= 4 is 5.91 Å². The van der Waals surface area contributed by atoms with E-state index in [2.05, 4.69) is 5.32 Å². The molecule has 0 spiro atoms. The number of nitrogens with zero attached hydrogens (tertiary/aromatic N) is 1. The molecule has 0 bridgehead atoms. The number of likely N-dealkylation sites (tertiary alicyclic amines) is 1. The summed E-state index contributed by atoms with van der Waals surface area (Å²) in [7, 11) is 0. The van der Waals surface area contributed by atoms with Crippen molar-refractivity contribution in [2.24, 2.45) is 5.92 Å².